The minimum Gasteiger partial charge on any atom is -0.377 e. The van der Waals surface area contributed by atoms with Crippen molar-refractivity contribution in [1.82, 2.24) is 0 Å². The number of hydrogen-bond acceptors (Lipinski definition) is 3. The molecule has 0 bridgehead atoms. The van der Waals surface area contributed by atoms with E-state index in [9.17, 15) is 14.7 Å². The Morgan fingerprint density at radius 1 is 1.26 bits per heavy atom. The Labute approximate surface area is 170 Å². The molecule has 4 aliphatic carbocycles. The van der Waals surface area contributed by atoms with Crippen LogP contribution in [0.2, 0.25) is 0 Å². The van der Waals surface area contributed by atoms with Crippen LogP contribution in [0.25, 0.3) is 0 Å². The highest BCUT2D eigenvalue weighted by atomic mass is 35.5. The van der Waals surface area contributed by atoms with Crippen molar-refractivity contribution in [2.24, 2.45) is 28.6 Å². The molecule has 0 unspecified atom stereocenters. The predicted molar refractivity (Wildman–Crippen MR) is 106 cm³/mol. The molecule has 0 saturated heterocycles. The van der Waals surface area contributed by atoms with Gasteiger partial charge in [-0.25, -0.2) is 0 Å². The zero-order valence-electron chi connectivity index (χ0n) is 16.1. The van der Waals surface area contributed by atoms with Gasteiger partial charge in [0.15, 0.2) is 11.6 Å². The van der Waals surface area contributed by atoms with Crippen LogP contribution in [0.3, 0.4) is 0 Å². The van der Waals surface area contributed by atoms with Crippen molar-refractivity contribution in [3.05, 3.63) is 33.9 Å². The van der Waals surface area contributed by atoms with Gasteiger partial charge in [-0.3, -0.25) is 9.59 Å². The van der Waals surface area contributed by atoms with E-state index >= 15 is 0 Å². The molecule has 6 atom stereocenters. The van der Waals surface area contributed by atoms with Crippen molar-refractivity contribution < 1.29 is 14.7 Å². The zero-order chi connectivity index (χ0) is 19.9. The van der Waals surface area contributed by atoms with Crippen LogP contribution in [-0.4, -0.2) is 22.3 Å². The standard InChI is InChI=1S/C22H26Cl2O3/c1-11-9-15-13-10-16(23)18-19(24)17(26)6-7-20(18,3)14(13)5-8-21(15,4)22(11,27)12(2)25/h10,13-15,27H,1,5-9H2,2-4H3/t13-,14+,15+,20-,21+,22+/m1/s1. The maximum absolute atomic E-state index is 12.4. The quantitative estimate of drug-likeness (QED) is 0.626. The van der Waals surface area contributed by atoms with Gasteiger partial charge in [0.25, 0.3) is 0 Å². The van der Waals surface area contributed by atoms with Gasteiger partial charge < -0.3 is 5.11 Å². The summed E-state index contributed by atoms with van der Waals surface area (Å²) in [5.41, 5.74) is -0.848. The Kier molecular flexibility index (Phi) is 4.18. The Hall–Kier alpha value is -0.900. The van der Waals surface area contributed by atoms with E-state index < -0.39 is 11.0 Å². The molecule has 0 aromatic rings. The van der Waals surface area contributed by atoms with Gasteiger partial charge in [-0.15, -0.1) is 0 Å². The minimum absolute atomic E-state index is 0.0324. The number of hydrogen-bond donors (Lipinski definition) is 1. The molecule has 0 aliphatic heterocycles. The molecule has 4 rings (SSSR count). The third kappa shape index (κ3) is 2.20. The molecular formula is C22H26Cl2O3. The molecule has 0 spiro atoms. The summed E-state index contributed by atoms with van der Waals surface area (Å²) in [5, 5.41) is 12.2. The van der Waals surface area contributed by atoms with E-state index in [4.69, 9.17) is 23.2 Å². The molecule has 27 heavy (non-hydrogen) atoms. The molecule has 2 fully saturated rings. The Morgan fingerprint density at radius 3 is 2.56 bits per heavy atom. The molecule has 0 heterocycles. The molecule has 0 aromatic carbocycles. The molecular weight excluding hydrogens is 383 g/mol. The summed E-state index contributed by atoms with van der Waals surface area (Å²) in [4.78, 5) is 24.6. The second-order valence-electron chi connectivity index (χ2n) is 9.36. The fourth-order valence-electron chi connectivity index (χ4n) is 6.79. The number of allylic oxidation sites excluding steroid dienone is 4. The Balaban J connectivity index is 1.86. The number of fused-ring (bicyclic) bond motifs is 5. The molecule has 146 valence electrons. The van der Waals surface area contributed by atoms with Crippen LogP contribution >= 0.6 is 23.2 Å². The monoisotopic (exact) mass is 408 g/mol. The van der Waals surface area contributed by atoms with Crippen molar-refractivity contribution >= 4 is 34.8 Å². The zero-order valence-corrected chi connectivity index (χ0v) is 17.6. The first-order valence-electron chi connectivity index (χ1n) is 9.71. The summed E-state index contributed by atoms with van der Waals surface area (Å²) in [5.74, 6) is 0.265. The number of carbonyl (C=O) groups excluding carboxylic acids is 2. The SMILES string of the molecule is C=C1C[C@H]2[C@@H]3C=C(Cl)C4=C(Cl)C(=O)CC[C@]4(C)[C@H]3CC[C@]2(C)[C@@]1(O)C(C)=O. The van der Waals surface area contributed by atoms with Crippen LogP contribution in [0, 0.1) is 28.6 Å². The fourth-order valence-corrected chi connectivity index (χ4v) is 7.71. The summed E-state index contributed by atoms with van der Waals surface area (Å²) in [6.45, 7) is 9.74. The summed E-state index contributed by atoms with van der Waals surface area (Å²) >= 11 is 13.1. The van der Waals surface area contributed by atoms with E-state index in [2.05, 4.69) is 13.5 Å². The number of ketones is 2. The van der Waals surface area contributed by atoms with Gasteiger partial charge in [0.05, 0.1) is 5.03 Å². The van der Waals surface area contributed by atoms with Gasteiger partial charge in [0.1, 0.15) is 5.60 Å². The van der Waals surface area contributed by atoms with Crippen molar-refractivity contribution in [3.63, 3.8) is 0 Å². The molecule has 1 N–H and O–H groups in total. The first-order chi connectivity index (χ1) is 12.5. The van der Waals surface area contributed by atoms with Gasteiger partial charge in [-0.2, -0.15) is 0 Å². The Morgan fingerprint density at radius 2 is 1.93 bits per heavy atom. The van der Waals surface area contributed by atoms with Crippen molar-refractivity contribution in [2.75, 3.05) is 0 Å². The smallest absolute Gasteiger partial charge is 0.174 e. The summed E-state index contributed by atoms with van der Waals surface area (Å²) in [6.07, 6.45) is 5.44. The molecule has 2 saturated carbocycles. The van der Waals surface area contributed by atoms with Crippen LogP contribution in [-0.2, 0) is 9.59 Å². The number of halogens is 2. The highest BCUT2D eigenvalue weighted by Crippen LogP contribution is 2.68. The Bertz CT molecular complexity index is 840. The lowest BCUT2D eigenvalue weighted by Crippen LogP contribution is -2.57. The first kappa shape index (κ1) is 19.4. The summed E-state index contributed by atoms with van der Waals surface area (Å²) in [6, 6.07) is 0. The van der Waals surface area contributed by atoms with Gasteiger partial charge >= 0.3 is 0 Å². The van der Waals surface area contributed by atoms with Crippen LogP contribution in [0.4, 0.5) is 0 Å². The van der Waals surface area contributed by atoms with Crippen LogP contribution < -0.4 is 0 Å². The first-order valence-corrected chi connectivity index (χ1v) is 10.5. The maximum atomic E-state index is 12.4. The molecule has 0 amide bonds. The van der Waals surface area contributed by atoms with E-state index in [1.165, 1.54) is 6.92 Å². The fraction of sp³-hybridized carbons (Fsp3) is 0.636. The van der Waals surface area contributed by atoms with Crippen LogP contribution in [0.15, 0.2) is 33.9 Å². The minimum atomic E-state index is -1.47. The number of carbonyl (C=O) groups is 2. The molecule has 3 nitrogen and oxygen atoms in total. The lowest BCUT2D eigenvalue weighted by atomic mass is 9.48. The second-order valence-corrected chi connectivity index (χ2v) is 10.2. The van der Waals surface area contributed by atoms with E-state index in [1.807, 2.05) is 13.0 Å². The van der Waals surface area contributed by atoms with Crippen LogP contribution in [0.5, 0.6) is 0 Å². The summed E-state index contributed by atoms with van der Waals surface area (Å²) in [7, 11) is 0. The van der Waals surface area contributed by atoms with Gasteiger partial charge in [-0.05, 0) is 66.9 Å². The highest BCUT2D eigenvalue weighted by molar-refractivity contribution is 6.45. The topological polar surface area (TPSA) is 54.4 Å². The average Bonchev–Trinajstić information content (AvgIpc) is 2.80. The third-order valence-corrected chi connectivity index (χ3v) is 9.05. The third-order valence-electron chi connectivity index (χ3n) is 8.34. The number of Topliss-reactive ketones (excluding diaryl/α,β-unsaturated/α-hetero) is 2. The van der Waals surface area contributed by atoms with E-state index in [0.717, 1.165) is 24.8 Å². The van der Waals surface area contributed by atoms with Crippen molar-refractivity contribution in [1.29, 1.82) is 0 Å². The molecule has 0 radical (unpaired) electrons. The van der Waals surface area contributed by atoms with E-state index in [-0.39, 0.29) is 39.8 Å². The number of rotatable bonds is 1. The largest absolute Gasteiger partial charge is 0.377 e. The second kappa shape index (κ2) is 5.81. The van der Waals surface area contributed by atoms with E-state index in [1.54, 1.807) is 0 Å². The van der Waals surface area contributed by atoms with Crippen LogP contribution in [0.1, 0.15) is 52.9 Å². The molecule has 0 aromatic heterocycles. The van der Waals surface area contributed by atoms with Gasteiger partial charge in [0, 0.05) is 16.9 Å². The normalized spacial score (nSPS) is 46.6. The number of aliphatic hydroxyl groups is 1. The highest BCUT2D eigenvalue weighted by Gasteiger charge is 2.67. The average molecular weight is 409 g/mol. The van der Waals surface area contributed by atoms with Gasteiger partial charge in [0.2, 0.25) is 0 Å². The van der Waals surface area contributed by atoms with Gasteiger partial charge in [-0.1, -0.05) is 49.7 Å². The summed E-state index contributed by atoms with van der Waals surface area (Å²) < 4.78 is 0. The van der Waals surface area contributed by atoms with Crippen molar-refractivity contribution in [3.8, 4) is 0 Å². The predicted octanol–water partition coefficient (Wildman–Crippen LogP) is 4.91. The molecule has 5 heteroatoms. The molecule has 4 aliphatic rings. The van der Waals surface area contributed by atoms with Crippen molar-refractivity contribution in [2.45, 2.75) is 58.5 Å². The van der Waals surface area contributed by atoms with E-state index in [0.29, 0.717) is 23.4 Å². The lowest BCUT2D eigenvalue weighted by Gasteiger charge is -2.57. The maximum Gasteiger partial charge on any atom is 0.174 e. The lowest BCUT2D eigenvalue weighted by molar-refractivity contribution is -0.151.